The molecule has 1 aromatic heterocycles. The number of aromatic nitrogens is 1. The molecule has 1 aliphatic heterocycles. The molecule has 0 bridgehead atoms. The Labute approximate surface area is 119 Å². The Hall–Kier alpha value is -2.08. The van der Waals surface area contributed by atoms with Gasteiger partial charge in [-0.2, -0.15) is 0 Å². The lowest BCUT2D eigenvalue weighted by molar-refractivity contribution is -0.118. The average molecular weight is 288 g/mol. The minimum absolute atomic E-state index is 0.117. The van der Waals surface area contributed by atoms with Crippen LogP contribution in [-0.4, -0.2) is 21.0 Å². The second-order valence-electron chi connectivity index (χ2n) is 4.67. The molecule has 20 heavy (non-hydrogen) atoms. The summed E-state index contributed by atoms with van der Waals surface area (Å²) in [5.41, 5.74) is 1.50. The monoisotopic (exact) mass is 288 g/mol. The highest BCUT2D eigenvalue weighted by Gasteiger charge is 2.32. The number of rotatable bonds is 2. The Kier molecular flexibility index (Phi) is 3.10. The number of amides is 2. The Morgan fingerprint density at radius 1 is 1.25 bits per heavy atom. The fourth-order valence-corrected chi connectivity index (χ4v) is 3.22. The van der Waals surface area contributed by atoms with Crippen molar-refractivity contribution in [2.75, 3.05) is 0 Å². The van der Waals surface area contributed by atoms with E-state index in [4.69, 9.17) is 0 Å². The minimum Gasteiger partial charge on any atom is -0.311 e. The molecular weight excluding hydrogens is 276 g/mol. The van der Waals surface area contributed by atoms with Crippen LogP contribution in [0.4, 0.5) is 4.79 Å². The van der Waals surface area contributed by atoms with E-state index in [2.05, 4.69) is 5.32 Å². The molecule has 0 spiro atoms. The maximum absolute atomic E-state index is 12.0. The number of carbonyl (C=O) groups excluding carboxylic acids is 2. The number of benzene rings is 1. The molecule has 2 amide bonds. The van der Waals surface area contributed by atoms with Gasteiger partial charge in [-0.25, -0.2) is 0 Å². The molecule has 1 aliphatic rings. The van der Waals surface area contributed by atoms with Gasteiger partial charge in [0.1, 0.15) is 0 Å². The van der Waals surface area contributed by atoms with E-state index < -0.39 is 5.25 Å². The van der Waals surface area contributed by atoms with E-state index in [1.807, 2.05) is 24.3 Å². The van der Waals surface area contributed by atoms with Crippen molar-refractivity contribution in [2.24, 2.45) is 7.05 Å². The maximum atomic E-state index is 12.0. The van der Waals surface area contributed by atoms with Crippen LogP contribution in [0, 0.1) is 0 Å². The van der Waals surface area contributed by atoms with Crippen LogP contribution in [0.2, 0.25) is 0 Å². The summed E-state index contributed by atoms with van der Waals surface area (Å²) in [5, 5.41) is 2.41. The third kappa shape index (κ3) is 2.12. The summed E-state index contributed by atoms with van der Waals surface area (Å²) in [6, 6.07) is 9.09. The molecule has 0 saturated carbocycles. The molecule has 2 heterocycles. The van der Waals surface area contributed by atoms with Gasteiger partial charge in [0.25, 0.3) is 10.8 Å². The fourth-order valence-electron chi connectivity index (χ4n) is 2.38. The molecule has 3 rings (SSSR count). The molecule has 102 valence electrons. The lowest BCUT2D eigenvalue weighted by Crippen LogP contribution is -2.26. The van der Waals surface area contributed by atoms with Crippen molar-refractivity contribution in [3.8, 4) is 0 Å². The largest absolute Gasteiger partial charge is 0.311 e. The van der Waals surface area contributed by atoms with Crippen molar-refractivity contribution >= 4 is 33.8 Å². The van der Waals surface area contributed by atoms with Gasteiger partial charge in [0, 0.05) is 18.5 Å². The van der Waals surface area contributed by atoms with E-state index >= 15 is 0 Å². The third-order valence-corrected chi connectivity index (χ3v) is 4.39. The summed E-state index contributed by atoms with van der Waals surface area (Å²) in [6.45, 7) is 0. The lowest BCUT2D eigenvalue weighted by atomic mass is 10.0. The highest BCUT2D eigenvalue weighted by molar-refractivity contribution is 8.15. The Morgan fingerprint density at radius 2 is 2.00 bits per heavy atom. The van der Waals surface area contributed by atoms with Gasteiger partial charge in [-0.05, 0) is 18.1 Å². The van der Waals surface area contributed by atoms with Gasteiger partial charge in [-0.15, -0.1) is 0 Å². The van der Waals surface area contributed by atoms with Crippen molar-refractivity contribution in [3.63, 3.8) is 0 Å². The lowest BCUT2D eigenvalue weighted by Gasteiger charge is -2.11. The van der Waals surface area contributed by atoms with E-state index in [-0.39, 0.29) is 16.7 Å². The molecule has 5 nitrogen and oxygen atoms in total. The van der Waals surface area contributed by atoms with Crippen LogP contribution in [0.25, 0.3) is 10.9 Å². The van der Waals surface area contributed by atoms with E-state index in [9.17, 15) is 14.4 Å². The van der Waals surface area contributed by atoms with Crippen molar-refractivity contribution < 1.29 is 9.59 Å². The van der Waals surface area contributed by atoms with Crippen LogP contribution >= 0.6 is 11.8 Å². The van der Waals surface area contributed by atoms with Gasteiger partial charge >= 0.3 is 0 Å². The normalized spacial score (nSPS) is 18.6. The van der Waals surface area contributed by atoms with Crippen molar-refractivity contribution in [1.82, 2.24) is 9.88 Å². The summed E-state index contributed by atoms with van der Waals surface area (Å²) >= 11 is 0.979. The summed E-state index contributed by atoms with van der Waals surface area (Å²) < 4.78 is 1.58. The summed E-state index contributed by atoms with van der Waals surface area (Å²) in [4.78, 5) is 34.8. The first-order valence-corrected chi connectivity index (χ1v) is 7.03. The molecule has 6 heteroatoms. The standard InChI is InChI=1S/C14H12N2O3S/c1-16-10-5-3-2-4-9(10)8(7-12(16)17)6-11-13(18)15-14(19)20-11/h2-5,7,11H,6H2,1H3,(H,15,18,19). The molecular formula is C14H12N2O3S. The number of aryl methyl sites for hydroxylation is 1. The summed E-state index contributed by atoms with van der Waals surface area (Å²) in [6.07, 6.45) is 0.374. The number of hydrogen-bond donors (Lipinski definition) is 1. The predicted molar refractivity (Wildman–Crippen MR) is 77.8 cm³/mol. The van der Waals surface area contributed by atoms with Crippen molar-refractivity contribution in [1.29, 1.82) is 0 Å². The Morgan fingerprint density at radius 3 is 2.70 bits per heavy atom. The number of para-hydroxylation sites is 1. The first kappa shape index (κ1) is 12.9. The molecule has 0 aliphatic carbocycles. The van der Waals surface area contributed by atoms with Gasteiger partial charge in [0.2, 0.25) is 5.91 Å². The molecule has 1 N–H and O–H groups in total. The van der Waals surface area contributed by atoms with Crippen molar-refractivity contribution in [3.05, 3.63) is 46.2 Å². The molecule has 1 saturated heterocycles. The zero-order chi connectivity index (χ0) is 14.3. The van der Waals surface area contributed by atoms with E-state index in [0.717, 1.165) is 28.2 Å². The van der Waals surface area contributed by atoms with E-state index in [1.165, 1.54) is 0 Å². The van der Waals surface area contributed by atoms with Gasteiger partial charge in [-0.3, -0.25) is 19.7 Å². The number of imide groups is 1. The number of nitrogens with zero attached hydrogens (tertiary/aromatic N) is 1. The fraction of sp³-hybridized carbons (Fsp3) is 0.214. The van der Waals surface area contributed by atoms with Gasteiger partial charge in [0.05, 0.1) is 10.8 Å². The zero-order valence-electron chi connectivity index (χ0n) is 10.8. The minimum atomic E-state index is -0.460. The number of fused-ring (bicyclic) bond motifs is 1. The zero-order valence-corrected chi connectivity index (χ0v) is 11.6. The first-order valence-electron chi connectivity index (χ1n) is 6.15. The van der Waals surface area contributed by atoms with Crippen LogP contribution in [-0.2, 0) is 18.3 Å². The average Bonchev–Trinajstić information content (AvgIpc) is 2.74. The SMILES string of the molecule is Cn1c(=O)cc(CC2SC(=O)NC2=O)c2ccccc21. The number of hydrogen-bond acceptors (Lipinski definition) is 4. The smallest absolute Gasteiger partial charge is 0.286 e. The Balaban J connectivity index is 2.08. The predicted octanol–water partition coefficient (Wildman–Crippen LogP) is 1.43. The number of nitrogens with one attached hydrogen (secondary N) is 1. The van der Waals surface area contributed by atoms with Crippen LogP contribution in [0.15, 0.2) is 35.1 Å². The summed E-state index contributed by atoms with van der Waals surface area (Å²) in [5.74, 6) is -0.287. The van der Waals surface area contributed by atoms with Crippen LogP contribution < -0.4 is 10.9 Å². The third-order valence-electron chi connectivity index (χ3n) is 3.41. The molecule has 1 fully saturated rings. The molecule has 0 radical (unpaired) electrons. The van der Waals surface area contributed by atoms with Gasteiger partial charge in [0.15, 0.2) is 0 Å². The number of carbonyl (C=O) groups is 2. The maximum Gasteiger partial charge on any atom is 0.286 e. The second-order valence-corrected chi connectivity index (χ2v) is 5.85. The highest BCUT2D eigenvalue weighted by Crippen LogP contribution is 2.25. The van der Waals surface area contributed by atoms with E-state index in [1.54, 1.807) is 17.7 Å². The second kappa shape index (κ2) is 4.79. The highest BCUT2D eigenvalue weighted by atomic mass is 32.2. The summed E-state index contributed by atoms with van der Waals surface area (Å²) in [7, 11) is 1.72. The van der Waals surface area contributed by atoms with Gasteiger partial charge < -0.3 is 4.57 Å². The molecule has 1 aromatic carbocycles. The Bertz CT molecular complexity index is 782. The van der Waals surface area contributed by atoms with Gasteiger partial charge in [-0.1, -0.05) is 30.0 Å². The number of thioether (sulfide) groups is 1. The first-order chi connectivity index (χ1) is 9.56. The van der Waals surface area contributed by atoms with Crippen LogP contribution in [0.1, 0.15) is 5.56 Å². The van der Waals surface area contributed by atoms with E-state index in [0.29, 0.717) is 6.42 Å². The molecule has 1 unspecified atom stereocenters. The topological polar surface area (TPSA) is 68.2 Å². The molecule has 2 aromatic rings. The van der Waals surface area contributed by atoms with Crippen LogP contribution in [0.3, 0.4) is 0 Å². The number of pyridine rings is 1. The van der Waals surface area contributed by atoms with Crippen molar-refractivity contribution in [2.45, 2.75) is 11.7 Å². The quantitative estimate of drug-likeness (QED) is 0.907. The van der Waals surface area contributed by atoms with Crippen LogP contribution in [0.5, 0.6) is 0 Å². The molecule has 1 atom stereocenters.